The zero-order valence-electron chi connectivity index (χ0n) is 30.2. The summed E-state index contributed by atoms with van der Waals surface area (Å²) in [6.07, 6.45) is 2.33. The molecule has 0 fully saturated rings. The number of nitrogens with one attached hydrogen (secondary N) is 2. The van der Waals surface area contributed by atoms with Crippen LogP contribution >= 0.6 is 0 Å². The van der Waals surface area contributed by atoms with Crippen molar-refractivity contribution < 1.29 is 27.2 Å². The van der Waals surface area contributed by atoms with Gasteiger partial charge in [-0.2, -0.15) is 0 Å². The highest BCUT2D eigenvalue weighted by molar-refractivity contribution is 7.92. The summed E-state index contributed by atoms with van der Waals surface area (Å²) in [5.41, 5.74) is 7.85. The van der Waals surface area contributed by atoms with E-state index in [1.807, 2.05) is 67.6 Å². The third kappa shape index (κ3) is 7.52. The molecule has 6 rings (SSSR count). The molecule has 0 atom stereocenters. The number of imidazole rings is 1. The van der Waals surface area contributed by atoms with Gasteiger partial charge in [0.1, 0.15) is 5.82 Å². The van der Waals surface area contributed by atoms with Gasteiger partial charge in [-0.15, -0.1) is 0 Å². The minimum atomic E-state index is -3.97. The SMILES string of the molecule is CCCc1nc2c(C)cc(C(=O)NCCc3ccc(OC)c(OC)c3)cc2n1Cc1ccc(-c2ccccc2S(=O)(=O)Nc2onc(C)c2C)cc1. The van der Waals surface area contributed by atoms with Gasteiger partial charge in [0.25, 0.3) is 15.9 Å². The minimum Gasteiger partial charge on any atom is -0.493 e. The maximum Gasteiger partial charge on any atom is 0.264 e. The van der Waals surface area contributed by atoms with E-state index in [0.29, 0.717) is 53.4 Å². The molecule has 2 heterocycles. The molecule has 4 aromatic carbocycles. The molecule has 0 unspecified atom stereocenters. The van der Waals surface area contributed by atoms with Crippen molar-refractivity contribution in [3.63, 3.8) is 0 Å². The Morgan fingerprint density at radius 2 is 1.62 bits per heavy atom. The number of carbonyl (C=O) groups is 1. The van der Waals surface area contributed by atoms with Gasteiger partial charge in [-0.3, -0.25) is 4.79 Å². The van der Waals surface area contributed by atoms with Gasteiger partial charge in [0, 0.05) is 36.2 Å². The van der Waals surface area contributed by atoms with E-state index in [1.54, 1.807) is 46.3 Å². The predicted molar refractivity (Wildman–Crippen MR) is 202 cm³/mol. The molecule has 2 aromatic heterocycles. The molecule has 2 N–H and O–H groups in total. The van der Waals surface area contributed by atoms with Gasteiger partial charge in [-0.05, 0) is 86.2 Å². The summed E-state index contributed by atoms with van der Waals surface area (Å²) in [6.45, 7) is 8.60. The predicted octanol–water partition coefficient (Wildman–Crippen LogP) is 7.41. The van der Waals surface area contributed by atoms with Crippen LogP contribution in [0.25, 0.3) is 22.2 Å². The van der Waals surface area contributed by atoms with Crippen LogP contribution in [-0.2, 0) is 29.4 Å². The van der Waals surface area contributed by atoms with Crippen molar-refractivity contribution >= 4 is 32.8 Å². The smallest absolute Gasteiger partial charge is 0.264 e. The summed E-state index contributed by atoms with van der Waals surface area (Å²) < 4.78 is 47.7. The van der Waals surface area contributed by atoms with Gasteiger partial charge in [-0.25, -0.2) is 18.1 Å². The Hall–Kier alpha value is -5.62. The fourth-order valence-electron chi connectivity index (χ4n) is 6.22. The van der Waals surface area contributed by atoms with E-state index in [-0.39, 0.29) is 16.7 Å². The van der Waals surface area contributed by atoms with Crippen molar-refractivity contribution in [3.8, 4) is 22.6 Å². The van der Waals surface area contributed by atoms with Crippen LogP contribution in [0.3, 0.4) is 0 Å². The summed E-state index contributed by atoms with van der Waals surface area (Å²) >= 11 is 0. The number of aromatic nitrogens is 3. The fraction of sp³-hybridized carbons (Fsp3) is 0.275. The van der Waals surface area contributed by atoms with E-state index in [4.69, 9.17) is 19.0 Å². The second-order valence-corrected chi connectivity index (χ2v) is 14.4. The average Bonchev–Trinajstić information content (AvgIpc) is 3.65. The second kappa shape index (κ2) is 15.3. The summed E-state index contributed by atoms with van der Waals surface area (Å²) in [5.74, 6) is 2.20. The first-order valence-corrected chi connectivity index (χ1v) is 18.6. The lowest BCUT2D eigenvalue weighted by molar-refractivity contribution is 0.0954. The van der Waals surface area contributed by atoms with Gasteiger partial charge in [0.05, 0.1) is 35.8 Å². The molecule has 0 bridgehead atoms. The number of fused-ring (bicyclic) bond motifs is 1. The summed E-state index contributed by atoms with van der Waals surface area (Å²) in [6, 6.07) is 24.3. The lowest BCUT2D eigenvalue weighted by Crippen LogP contribution is -2.25. The third-order valence-electron chi connectivity index (χ3n) is 9.17. The number of hydrogen-bond donors (Lipinski definition) is 2. The molecule has 6 aromatic rings. The molecule has 0 saturated carbocycles. The average molecular weight is 722 g/mol. The molecule has 0 spiro atoms. The molecule has 12 heteroatoms. The number of sulfonamides is 1. The van der Waals surface area contributed by atoms with Crippen LogP contribution in [0.4, 0.5) is 5.88 Å². The van der Waals surface area contributed by atoms with Crippen molar-refractivity contribution in [2.24, 2.45) is 0 Å². The Kier molecular flexibility index (Phi) is 10.7. The second-order valence-electron chi connectivity index (χ2n) is 12.7. The molecule has 0 aliphatic rings. The summed E-state index contributed by atoms with van der Waals surface area (Å²) in [4.78, 5) is 18.5. The number of methoxy groups -OCH3 is 2. The van der Waals surface area contributed by atoms with Crippen LogP contribution in [0.1, 0.15) is 57.5 Å². The zero-order chi connectivity index (χ0) is 37.0. The molecule has 0 aliphatic heterocycles. The number of nitrogens with zero attached hydrogens (tertiary/aromatic N) is 3. The Bertz CT molecular complexity index is 2340. The Balaban J connectivity index is 1.23. The van der Waals surface area contributed by atoms with Crippen molar-refractivity contribution in [1.82, 2.24) is 20.0 Å². The summed E-state index contributed by atoms with van der Waals surface area (Å²) in [7, 11) is -0.765. The van der Waals surface area contributed by atoms with E-state index in [9.17, 15) is 13.2 Å². The lowest BCUT2D eigenvalue weighted by Gasteiger charge is -2.13. The maximum absolute atomic E-state index is 13.5. The standard InChI is InChI=1S/C40H43N5O6S/c1-7-10-37-42-38-25(2)21-31(39(46)41-20-19-28-15-18-34(49-5)35(22-28)50-6)23-33(38)45(37)24-29-13-16-30(17-14-29)32-11-8-9-12-36(32)52(47,48)44-40-26(3)27(4)43-51-40/h8-9,11-18,21-23,44H,7,10,19-20,24H2,1-6H3,(H,41,46). The molecule has 0 radical (unpaired) electrons. The normalized spacial score (nSPS) is 11.5. The third-order valence-corrected chi connectivity index (χ3v) is 10.6. The molecule has 1 amide bonds. The van der Waals surface area contributed by atoms with Gasteiger partial charge in [-0.1, -0.05) is 60.6 Å². The van der Waals surface area contributed by atoms with E-state index >= 15 is 0 Å². The monoisotopic (exact) mass is 721 g/mol. The van der Waals surface area contributed by atoms with Gasteiger partial charge in [0.2, 0.25) is 5.88 Å². The number of rotatable bonds is 14. The summed E-state index contributed by atoms with van der Waals surface area (Å²) in [5, 5.41) is 6.93. The number of hydrogen-bond acceptors (Lipinski definition) is 8. The van der Waals surface area contributed by atoms with Gasteiger partial charge in [0.15, 0.2) is 11.5 Å². The first-order chi connectivity index (χ1) is 25.0. The maximum atomic E-state index is 13.5. The van der Waals surface area contributed by atoms with Crippen LogP contribution in [0.2, 0.25) is 0 Å². The van der Waals surface area contributed by atoms with E-state index in [0.717, 1.165) is 52.0 Å². The quantitative estimate of drug-likeness (QED) is 0.119. The number of anilines is 1. The highest BCUT2D eigenvalue weighted by atomic mass is 32.2. The van der Waals surface area contributed by atoms with Crippen LogP contribution in [0, 0.1) is 20.8 Å². The molecular weight excluding hydrogens is 679 g/mol. The van der Waals surface area contributed by atoms with Crippen molar-refractivity contribution in [2.45, 2.75) is 58.4 Å². The van der Waals surface area contributed by atoms with Crippen molar-refractivity contribution in [2.75, 3.05) is 25.5 Å². The number of carbonyl (C=O) groups excluding carboxylic acids is 1. The Labute approximate surface area is 304 Å². The molecule has 52 heavy (non-hydrogen) atoms. The number of ether oxygens (including phenoxy) is 2. The van der Waals surface area contributed by atoms with E-state index in [1.165, 1.54) is 0 Å². The topological polar surface area (TPSA) is 138 Å². The van der Waals surface area contributed by atoms with Crippen LogP contribution in [-0.4, -0.2) is 49.8 Å². The van der Waals surface area contributed by atoms with Gasteiger partial charge >= 0.3 is 0 Å². The molecule has 0 aliphatic carbocycles. The fourth-order valence-corrected chi connectivity index (χ4v) is 7.50. The van der Waals surface area contributed by atoms with Gasteiger partial charge < -0.3 is 23.9 Å². The van der Waals surface area contributed by atoms with E-state index < -0.39 is 10.0 Å². The highest BCUT2D eigenvalue weighted by Gasteiger charge is 2.23. The molecular formula is C40H43N5O6S. The first kappa shape index (κ1) is 36.2. The molecule has 270 valence electrons. The first-order valence-electron chi connectivity index (χ1n) is 17.2. The Morgan fingerprint density at radius 3 is 2.31 bits per heavy atom. The van der Waals surface area contributed by atoms with Crippen LogP contribution in [0.15, 0.2) is 88.3 Å². The van der Waals surface area contributed by atoms with Crippen LogP contribution < -0.4 is 19.5 Å². The Morgan fingerprint density at radius 1 is 0.885 bits per heavy atom. The highest BCUT2D eigenvalue weighted by Crippen LogP contribution is 2.31. The largest absolute Gasteiger partial charge is 0.493 e. The van der Waals surface area contributed by atoms with Crippen LogP contribution in [0.5, 0.6) is 11.5 Å². The van der Waals surface area contributed by atoms with Crippen molar-refractivity contribution in [1.29, 1.82) is 0 Å². The molecule has 11 nitrogen and oxygen atoms in total. The lowest BCUT2D eigenvalue weighted by atomic mass is 10.0. The van der Waals surface area contributed by atoms with E-state index in [2.05, 4.69) is 26.7 Å². The number of amides is 1. The number of benzene rings is 4. The minimum absolute atomic E-state index is 0.101. The van der Waals surface area contributed by atoms with Crippen molar-refractivity contribution in [3.05, 3.63) is 118 Å². The number of aryl methyl sites for hydroxylation is 3. The molecule has 0 saturated heterocycles. The zero-order valence-corrected chi connectivity index (χ0v) is 31.1.